The smallest absolute Gasteiger partial charge is 0.416 e. The van der Waals surface area contributed by atoms with Crippen molar-refractivity contribution in [2.75, 3.05) is 31.0 Å². The molecule has 1 fully saturated rings. The topological polar surface area (TPSA) is 123 Å². The third kappa shape index (κ3) is 11.6. The third-order valence-corrected chi connectivity index (χ3v) is 11.6. The van der Waals surface area contributed by atoms with Crippen LogP contribution in [0, 0.1) is 11.7 Å². The predicted octanol–water partition coefficient (Wildman–Crippen LogP) is 11.0. The zero-order valence-electron chi connectivity index (χ0n) is 30.0. The van der Waals surface area contributed by atoms with Gasteiger partial charge in [-0.1, -0.05) is 64.6 Å². The second-order valence-electron chi connectivity index (χ2n) is 13.2. The molecule has 2 aromatic heterocycles. The van der Waals surface area contributed by atoms with Gasteiger partial charge >= 0.3 is 12.3 Å². The number of sulfonamides is 1. The highest BCUT2D eigenvalue weighted by Gasteiger charge is 2.31. The molecule has 1 saturated heterocycles. The van der Waals surface area contributed by atoms with E-state index in [0.717, 1.165) is 61.5 Å². The van der Waals surface area contributed by atoms with E-state index >= 15 is 4.39 Å². The average molecular weight is 922 g/mol. The van der Waals surface area contributed by atoms with E-state index < -0.39 is 49.0 Å². The van der Waals surface area contributed by atoms with Gasteiger partial charge in [0.15, 0.2) is 5.82 Å². The average Bonchev–Trinajstić information content (AvgIpc) is 3.69. The van der Waals surface area contributed by atoms with E-state index in [4.69, 9.17) is 55.9 Å². The molecule has 5 aromatic rings. The van der Waals surface area contributed by atoms with E-state index in [1.807, 2.05) is 0 Å². The molecule has 0 spiro atoms. The first-order chi connectivity index (χ1) is 27.4. The number of benzene rings is 3. The standard InChI is InChI=1S/C38H33Cl4F4N5O5S2/c39-30-17-34(58(53,54)50-35-20-57-22-49-35)31(43)18-33(30)56-32-5-4-25(24-2-1-3-27(14-24)38(44,45)46)16-29(32)26-8-12-48-28(15-26)19-51(36(52)55-21-37(40,41)42)13-9-23-6-10-47-11-7-23/h1-5,8,12,14-18,20,22-23,47,50H,6-7,9-11,13,19,21H2. The minimum Gasteiger partial charge on any atom is -0.455 e. The first kappa shape index (κ1) is 43.7. The highest BCUT2D eigenvalue weighted by Crippen LogP contribution is 2.41. The second-order valence-corrected chi connectivity index (χ2v) is 18.5. The van der Waals surface area contributed by atoms with Crippen LogP contribution in [0.5, 0.6) is 11.5 Å². The van der Waals surface area contributed by atoms with Gasteiger partial charge in [-0.15, -0.1) is 11.3 Å². The van der Waals surface area contributed by atoms with Crippen LogP contribution in [0.1, 0.15) is 30.5 Å². The van der Waals surface area contributed by atoms with Crippen molar-refractivity contribution in [2.45, 2.75) is 40.7 Å². The number of alkyl halides is 6. The first-order valence-corrected chi connectivity index (χ1v) is 21.4. The van der Waals surface area contributed by atoms with E-state index in [2.05, 4.69) is 20.0 Å². The molecule has 308 valence electrons. The molecule has 10 nitrogen and oxygen atoms in total. The number of carbonyl (C=O) groups excluding carboxylic acids is 1. The van der Waals surface area contributed by atoms with Crippen LogP contribution < -0.4 is 14.8 Å². The first-order valence-electron chi connectivity index (χ1n) is 17.5. The molecule has 1 aliphatic heterocycles. The number of carbonyl (C=O) groups is 1. The number of aromatic nitrogens is 2. The van der Waals surface area contributed by atoms with Crippen molar-refractivity contribution in [1.29, 1.82) is 0 Å². The van der Waals surface area contributed by atoms with Crippen LogP contribution in [0.25, 0.3) is 22.3 Å². The summed E-state index contributed by atoms with van der Waals surface area (Å²) in [6.07, 6.45) is -1.30. The van der Waals surface area contributed by atoms with Gasteiger partial charge in [-0.05, 0) is 97.4 Å². The molecule has 58 heavy (non-hydrogen) atoms. The maximum Gasteiger partial charge on any atom is 0.416 e. The number of nitrogens with one attached hydrogen (secondary N) is 2. The number of piperidine rings is 1. The molecule has 3 heterocycles. The minimum absolute atomic E-state index is 0.00679. The summed E-state index contributed by atoms with van der Waals surface area (Å²) in [5.74, 6) is -0.998. The second kappa shape index (κ2) is 18.6. The Balaban J connectivity index is 1.36. The Labute approximate surface area is 355 Å². The van der Waals surface area contributed by atoms with Gasteiger partial charge in [-0.25, -0.2) is 22.6 Å². The molecule has 0 radical (unpaired) electrons. The number of nitrogens with zero attached hydrogens (tertiary/aromatic N) is 3. The van der Waals surface area contributed by atoms with Crippen LogP contribution in [0.15, 0.2) is 88.7 Å². The Morgan fingerprint density at radius 2 is 1.72 bits per heavy atom. The SMILES string of the molecule is O=C(OCC(Cl)(Cl)Cl)N(CCC1CCNCC1)Cc1cc(-c2cc(-c3cccc(C(F)(F)F)c3)ccc2Oc2cc(F)c(S(=O)(=O)Nc3cscn3)cc2Cl)ccn1. The Kier molecular flexibility index (Phi) is 14.0. The fraction of sp³-hybridized carbons (Fsp3) is 0.289. The summed E-state index contributed by atoms with van der Waals surface area (Å²) in [5.41, 5.74) is 2.32. The highest BCUT2D eigenvalue weighted by atomic mass is 35.6. The number of hydrogen-bond acceptors (Lipinski definition) is 9. The molecule has 1 aliphatic rings. The monoisotopic (exact) mass is 919 g/mol. The van der Waals surface area contributed by atoms with Gasteiger partial charge in [0.25, 0.3) is 10.0 Å². The molecule has 1 amide bonds. The van der Waals surface area contributed by atoms with Crippen LogP contribution in [0.2, 0.25) is 5.02 Å². The summed E-state index contributed by atoms with van der Waals surface area (Å²) in [6, 6.07) is 14.3. The molecule has 0 bridgehead atoms. The Morgan fingerprint density at radius 3 is 2.43 bits per heavy atom. The summed E-state index contributed by atoms with van der Waals surface area (Å²) >= 11 is 25.2. The van der Waals surface area contributed by atoms with Crippen LogP contribution in [-0.2, 0) is 27.5 Å². The number of hydrogen-bond donors (Lipinski definition) is 2. The molecule has 6 rings (SSSR count). The number of halogens is 8. The summed E-state index contributed by atoms with van der Waals surface area (Å²) in [5, 5.41) is 4.48. The summed E-state index contributed by atoms with van der Waals surface area (Å²) < 4.78 is 94.3. The zero-order valence-corrected chi connectivity index (χ0v) is 34.7. The van der Waals surface area contributed by atoms with Crippen LogP contribution >= 0.6 is 57.7 Å². The lowest BCUT2D eigenvalue weighted by Crippen LogP contribution is -2.36. The molecule has 20 heteroatoms. The maximum absolute atomic E-state index is 15.5. The lowest BCUT2D eigenvalue weighted by Gasteiger charge is -2.27. The van der Waals surface area contributed by atoms with Gasteiger partial charge in [0.1, 0.15) is 28.8 Å². The van der Waals surface area contributed by atoms with Crippen LogP contribution in [0.3, 0.4) is 0 Å². The van der Waals surface area contributed by atoms with Crippen LogP contribution in [0.4, 0.5) is 28.2 Å². The lowest BCUT2D eigenvalue weighted by atomic mass is 9.94. The largest absolute Gasteiger partial charge is 0.455 e. The summed E-state index contributed by atoms with van der Waals surface area (Å²) in [6.45, 7) is 1.52. The van der Waals surface area contributed by atoms with E-state index in [1.165, 1.54) is 46.3 Å². The van der Waals surface area contributed by atoms with Gasteiger partial charge < -0.3 is 19.7 Å². The number of pyridine rings is 1. The van der Waals surface area contributed by atoms with E-state index in [9.17, 15) is 26.4 Å². The molecule has 0 unspecified atom stereocenters. The van der Waals surface area contributed by atoms with Crippen molar-refractivity contribution in [2.24, 2.45) is 5.92 Å². The quantitative estimate of drug-likeness (QED) is 0.0884. The highest BCUT2D eigenvalue weighted by molar-refractivity contribution is 7.92. The molecular weight excluding hydrogens is 888 g/mol. The third-order valence-electron chi connectivity index (χ3n) is 9.03. The van der Waals surface area contributed by atoms with Gasteiger partial charge in [0, 0.05) is 29.8 Å². The minimum atomic E-state index is -4.60. The number of rotatable bonds is 13. The van der Waals surface area contributed by atoms with Crippen LogP contribution in [-0.4, -0.2) is 59.4 Å². The molecule has 0 saturated carbocycles. The molecule has 3 aromatic carbocycles. The van der Waals surface area contributed by atoms with E-state index in [-0.39, 0.29) is 34.4 Å². The summed E-state index contributed by atoms with van der Waals surface area (Å²) in [4.78, 5) is 22.3. The molecule has 0 aliphatic carbocycles. The van der Waals surface area contributed by atoms with E-state index in [1.54, 1.807) is 18.2 Å². The van der Waals surface area contributed by atoms with Crippen molar-refractivity contribution < 1.29 is 40.2 Å². The number of amides is 1. The number of anilines is 1. The Bertz CT molecular complexity index is 2350. The fourth-order valence-corrected chi connectivity index (χ4v) is 8.25. The molecule has 0 atom stereocenters. The summed E-state index contributed by atoms with van der Waals surface area (Å²) in [7, 11) is -4.44. The van der Waals surface area contributed by atoms with Gasteiger partial charge in [0.2, 0.25) is 3.79 Å². The van der Waals surface area contributed by atoms with E-state index in [0.29, 0.717) is 41.3 Å². The normalized spacial score (nSPS) is 13.9. The van der Waals surface area contributed by atoms with Gasteiger partial charge in [-0.2, -0.15) is 13.2 Å². The number of thiazole rings is 1. The van der Waals surface area contributed by atoms with Gasteiger partial charge in [0.05, 0.1) is 28.3 Å². The van der Waals surface area contributed by atoms with Gasteiger partial charge in [-0.3, -0.25) is 9.71 Å². The van der Waals surface area contributed by atoms with Crippen molar-refractivity contribution >= 4 is 79.7 Å². The van der Waals surface area contributed by atoms with Crippen molar-refractivity contribution in [3.05, 3.63) is 106 Å². The predicted molar refractivity (Wildman–Crippen MR) is 217 cm³/mol. The molecular formula is C38H33Cl4F4N5O5S2. The number of ether oxygens (including phenoxy) is 2. The molecule has 2 N–H and O–H groups in total. The maximum atomic E-state index is 15.5. The Morgan fingerprint density at radius 1 is 0.966 bits per heavy atom. The fourth-order valence-electron chi connectivity index (χ4n) is 6.17. The van der Waals surface area contributed by atoms with Crippen molar-refractivity contribution in [1.82, 2.24) is 20.2 Å². The Hall–Kier alpha value is -3.90. The van der Waals surface area contributed by atoms with Crippen molar-refractivity contribution in [3.63, 3.8) is 0 Å². The lowest BCUT2D eigenvalue weighted by molar-refractivity contribution is -0.137. The zero-order chi connectivity index (χ0) is 41.7. The van der Waals surface area contributed by atoms with Crippen molar-refractivity contribution in [3.8, 4) is 33.8 Å².